The van der Waals surface area contributed by atoms with Crippen molar-refractivity contribution in [3.8, 4) is 5.75 Å². The number of rotatable bonds is 3. The van der Waals surface area contributed by atoms with Crippen LogP contribution >= 0.6 is 0 Å². The third kappa shape index (κ3) is 2.57. The lowest BCUT2D eigenvalue weighted by Crippen LogP contribution is -2.51. The minimum absolute atomic E-state index is 0.0112. The number of aliphatic hydroxyl groups excluding tert-OH is 1. The van der Waals surface area contributed by atoms with Gasteiger partial charge in [0, 0.05) is 17.2 Å². The highest BCUT2D eigenvalue weighted by atomic mass is 16.3. The van der Waals surface area contributed by atoms with Crippen molar-refractivity contribution in [2.45, 2.75) is 12.0 Å². The summed E-state index contributed by atoms with van der Waals surface area (Å²) in [5.74, 6) is 0.163. The van der Waals surface area contributed by atoms with Crippen LogP contribution in [-0.2, 0) is 5.54 Å². The number of phenolic OH excluding ortho intramolecular Hbond substituents is 1. The summed E-state index contributed by atoms with van der Waals surface area (Å²) in [6.07, 6.45) is 5.86. The number of nitrogens with zero attached hydrogens (tertiary/aromatic N) is 1. The Kier molecular flexibility index (Phi) is 4.21. The van der Waals surface area contributed by atoms with Gasteiger partial charge in [-0.25, -0.2) is 0 Å². The van der Waals surface area contributed by atoms with Gasteiger partial charge >= 0.3 is 0 Å². The highest BCUT2D eigenvalue weighted by molar-refractivity contribution is 6.16. The number of aromatic hydroxyl groups is 1. The highest BCUT2D eigenvalue weighted by Gasteiger charge is 2.57. The van der Waals surface area contributed by atoms with Crippen molar-refractivity contribution in [2.75, 3.05) is 4.90 Å². The maximum Gasteiger partial charge on any atom is 0.196 e. The number of carbonyl (C=O) groups excluding carboxylic acids is 1. The van der Waals surface area contributed by atoms with Gasteiger partial charge in [-0.1, -0.05) is 48.5 Å². The van der Waals surface area contributed by atoms with Crippen molar-refractivity contribution >= 4 is 17.2 Å². The lowest BCUT2D eigenvalue weighted by Gasteiger charge is -2.44. The number of hydrogen-bond acceptors (Lipinski definition) is 4. The summed E-state index contributed by atoms with van der Waals surface area (Å²) in [6.45, 7) is 0. The predicted octanol–water partition coefficient (Wildman–Crippen LogP) is 5.64. The quantitative estimate of drug-likeness (QED) is 0.602. The van der Waals surface area contributed by atoms with Crippen LogP contribution in [0.3, 0.4) is 0 Å². The van der Waals surface area contributed by atoms with Gasteiger partial charge in [0.2, 0.25) is 0 Å². The molecule has 2 aliphatic rings. The Bertz CT molecular complexity index is 1160. The second-order valence-corrected chi connectivity index (χ2v) is 7.66. The van der Waals surface area contributed by atoms with Gasteiger partial charge in [-0.2, -0.15) is 0 Å². The molecule has 0 aromatic heterocycles. The molecule has 1 heterocycles. The molecule has 0 spiro atoms. The fourth-order valence-electron chi connectivity index (χ4n) is 4.72. The van der Waals surface area contributed by atoms with E-state index in [2.05, 4.69) is 4.90 Å². The zero-order valence-corrected chi connectivity index (χ0v) is 16.3. The average Bonchev–Trinajstić information content (AvgIpc) is 3.05. The van der Waals surface area contributed by atoms with Crippen LogP contribution in [0.25, 0.3) is 0 Å². The SMILES string of the molecule is O=C1c2ccccc2N(c2ccccc2)C1(c1ccc(O)cc1)C1C=CC(O)=CC1. The third-order valence-corrected chi connectivity index (χ3v) is 6.03. The Morgan fingerprint density at radius 3 is 2.27 bits per heavy atom. The van der Waals surface area contributed by atoms with Crippen LogP contribution in [-0.4, -0.2) is 16.0 Å². The summed E-state index contributed by atoms with van der Waals surface area (Å²) in [5, 5.41) is 19.8. The average molecular weight is 395 g/mol. The van der Waals surface area contributed by atoms with Crippen LogP contribution in [0.4, 0.5) is 11.4 Å². The minimum Gasteiger partial charge on any atom is -0.508 e. The summed E-state index contributed by atoms with van der Waals surface area (Å²) in [5.41, 5.74) is 2.20. The second kappa shape index (κ2) is 6.92. The molecule has 5 rings (SSSR count). The molecule has 4 nitrogen and oxygen atoms in total. The predicted molar refractivity (Wildman–Crippen MR) is 117 cm³/mol. The largest absolute Gasteiger partial charge is 0.508 e. The van der Waals surface area contributed by atoms with E-state index in [1.54, 1.807) is 24.3 Å². The molecule has 0 fully saturated rings. The zero-order chi connectivity index (χ0) is 20.7. The van der Waals surface area contributed by atoms with Crippen LogP contribution in [0.1, 0.15) is 22.3 Å². The van der Waals surface area contributed by atoms with Crippen molar-refractivity contribution < 1.29 is 15.0 Å². The molecule has 3 aromatic carbocycles. The number of phenols is 1. The molecule has 30 heavy (non-hydrogen) atoms. The number of anilines is 2. The van der Waals surface area contributed by atoms with Gasteiger partial charge in [0.15, 0.2) is 5.78 Å². The van der Waals surface area contributed by atoms with Crippen LogP contribution in [0.5, 0.6) is 5.75 Å². The van der Waals surface area contributed by atoms with E-state index in [4.69, 9.17) is 0 Å². The number of allylic oxidation sites excluding steroid dienone is 2. The van der Waals surface area contributed by atoms with Gasteiger partial charge in [0.1, 0.15) is 17.0 Å². The Morgan fingerprint density at radius 1 is 0.867 bits per heavy atom. The maximum atomic E-state index is 14.1. The molecule has 1 aliphatic carbocycles. The van der Waals surface area contributed by atoms with Crippen molar-refractivity contribution in [3.05, 3.63) is 114 Å². The fraction of sp³-hybridized carbons (Fsp3) is 0.115. The van der Waals surface area contributed by atoms with E-state index >= 15 is 0 Å². The molecule has 4 heteroatoms. The molecule has 0 saturated heterocycles. The third-order valence-electron chi connectivity index (χ3n) is 6.03. The minimum atomic E-state index is -1.04. The maximum absolute atomic E-state index is 14.1. The van der Waals surface area contributed by atoms with Crippen molar-refractivity contribution in [1.29, 1.82) is 0 Å². The number of hydrogen-bond donors (Lipinski definition) is 2. The number of ketones is 1. The van der Waals surface area contributed by atoms with Crippen molar-refractivity contribution in [3.63, 3.8) is 0 Å². The molecule has 0 radical (unpaired) electrons. The molecule has 148 valence electrons. The van der Waals surface area contributed by atoms with E-state index in [0.29, 0.717) is 12.0 Å². The Labute approximate surface area is 175 Å². The van der Waals surface area contributed by atoms with Gasteiger partial charge < -0.3 is 15.1 Å². The smallest absolute Gasteiger partial charge is 0.196 e. The fourth-order valence-corrected chi connectivity index (χ4v) is 4.72. The molecule has 2 N–H and O–H groups in total. The second-order valence-electron chi connectivity index (χ2n) is 7.66. The molecule has 3 aromatic rings. The molecule has 0 amide bonds. The van der Waals surface area contributed by atoms with E-state index in [-0.39, 0.29) is 23.2 Å². The summed E-state index contributed by atoms with van der Waals surface area (Å²) in [6, 6.07) is 24.4. The first-order valence-electron chi connectivity index (χ1n) is 9.98. The van der Waals surface area contributed by atoms with E-state index in [1.165, 1.54) is 0 Å². The molecule has 0 saturated carbocycles. The standard InChI is InChI=1S/C26H21NO3/c28-21-14-10-18(11-15-21)26(19-12-16-22(29)17-13-19)25(30)23-8-4-5-9-24(23)27(26)20-6-2-1-3-7-20/h1-12,14-17,19,28-29H,13H2. The van der Waals surface area contributed by atoms with E-state index in [0.717, 1.165) is 16.9 Å². The number of para-hydroxylation sites is 2. The number of fused-ring (bicyclic) bond motifs is 1. The first-order chi connectivity index (χ1) is 14.6. The van der Waals surface area contributed by atoms with Gasteiger partial charge in [-0.15, -0.1) is 0 Å². The number of benzene rings is 3. The molecule has 2 unspecified atom stereocenters. The van der Waals surface area contributed by atoms with Crippen LogP contribution in [0.2, 0.25) is 0 Å². The summed E-state index contributed by atoms with van der Waals surface area (Å²) >= 11 is 0. The van der Waals surface area contributed by atoms with E-state index in [1.807, 2.05) is 72.8 Å². The first kappa shape index (κ1) is 18.3. The number of carbonyl (C=O) groups is 1. The monoisotopic (exact) mass is 395 g/mol. The summed E-state index contributed by atoms with van der Waals surface area (Å²) < 4.78 is 0. The Balaban J connectivity index is 1.83. The number of aliphatic hydroxyl groups is 1. The molecule has 1 aliphatic heterocycles. The van der Waals surface area contributed by atoms with Gasteiger partial charge in [-0.3, -0.25) is 4.79 Å². The van der Waals surface area contributed by atoms with Gasteiger partial charge in [0.05, 0.1) is 5.69 Å². The molecule has 2 atom stereocenters. The highest BCUT2D eigenvalue weighted by Crippen LogP contribution is 2.54. The van der Waals surface area contributed by atoms with Crippen LogP contribution < -0.4 is 4.90 Å². The lowest BCUT2D eigenvalue weighted by atomic mass is 9.71. The normalized spacial score (nSPS) is 22.7. The first-order valence-corrected chi connectivity index (χ1v) is 9.98. The Hall–Kier alpha value is -3.79. The molecular weight excluding hydrogens is 374 g/mol. The van der Waals surface area contributed by atoms with E-state index < -0.39 is 5.54 Å². The van der Waals surface area contributed by atoms with Crippen molar-refractivity contribution in [2.24, 2.45) is 5.92 Å². The van der Waals surface area contributed by atoms with Crippen LogP contribution in [0.15, 0.2) is 103 Å². The summed E-state index contributed by atoms with van der Waals surface area (Å²) in [7, 11) is 0. The molecular formula is C26H21NO3. The van der Waals surface area contributed by atoms with E-state index in [9.17, 15) is 15.0 Å². The zero-order valence-electron chi connectivity index (χ0n) is 16.3. The van der Waals surface area contributed by atoms with Gasteiger partial charge in [0.25, 0.3) is 0 Å². The lowest BCUT2D eigenvalue weighted by molar-refractivity contribution is 0.0865. The topological polar surface area (TPSA) is 60.8 Å². The van der Waals surface area contributed by atoms with Gasteiger partial charge in [-0.05, 0) is 60.5 Å². The Morgan fingerprint density at radius 2 is 1.57 bits per heavy atom. The van der Waals surface area contributed by atoms with Crippen LogP contribution in [0, 0.1) is 5.92 Å². The number of Topliss-reactive ketones (excluding diaryl/α,β-unsaturated/α-hetero) is 1. The molecule has 0 bridgehead atoms. The summed E-state index contributed by atoms with van der Waals surface area (Å²) in [4.78, 5) is 16.3. The van der Waals surface area contributed by atoms with Crippen molar-refractivity contribution in [1.82, 2.24) is 0 Å².